The van der Waals surface area contributed by atoms with Gasteiger partial charge >= 0.3 is 5.69 Å². The Labute approximate surface area is 278 Å². The summed E-state index contributed by atoms with van der Waals surface area (Å²) in [5.41, 5.74) is 5.49. The number of carbonyl (C=O) groups is 1. The number of amides is 1. The second kappa shape index (κ2) is 11.9. The van der Waals surface area contributed by atoms with Crippen molar-refractivity contribution in [2.24, 2.45) is 0 Å². The van der Waals surface area contributed by atoms with E-state index in [1.807, 2.05) is 16.7 Å². The van der Waals surface area contributed by atoms with Crippen LogP contribution < -0.4 is 11.0 Å². The van der Waals surface area contributed by atoms with E-state index in [9.17, 15) is 18.4 Å². The molecular weight excluding hydrogens is 638 g/mol. The molecule has 244 valence electrons. The number of nitrogens with one attached hydrogen (secondary N) is 1. The Kier molecular flexibility index (Phi) is 7.56. The zero-order valence-electron chi connectivity index (χ0n) is 26.1. The molecule has 1 saturated heterocycles. The quantitative estimate of drug-likeness (QED) is 0.249. The summed E-state index contributed by atoms with van der Waals surface area (Å²) in [5, 5.41) is 4.38. The molecule has 8 rings (SSSR count). The minimum atomic E-state index is -0.637. The lowest BCUT2D eigenvalue weighted by Crippen LogP contribution is -2.36. The van der Waals surface area contributed by atoms with Crippen molar-refractivity contribution >= 4 is 39.7 Å². The maximum absolute atomic E-state index is 14.7. The Balaban J connectivity index is 1.12. The molecule has 0 spiro atoms. The van der Waals surface area contributed by atoms with E-state index in [-0.39, 0.29) is 29.5 Å². The third kappa shape index (κ3) is 5.06. The summed E-state index contributed by atoms with van der Waals surface area (Å²) in [6.07, 6.45) is 3.87. The normalized spacial score (nSPS) is 15.4. The van der Waals surface area contributed by atoms with Gasteiger partial charge in [-0.15, -0.1) is 0 Å². The van der Waals surface area contributed by atoms with E-state index in [0.29, 0.717) is 58.8 Å². The van der Waals surface area contributed by atoms with Crippen LogP contribution in [0.2, 0.25) is 5.28 Å². The van der Waals surface area contributed by atoms with Gasteiger partial charge in [-0.05, 0) is 98.9 Å². The second-order valence-corrected chi connectivity index (χ2v) is 12.7. The highest BCUT2D eigenvalue weighted by Gasteiger charge is 2.29. The second-order valence-electron chi connectivity index (χ2n) is 12.4. The number of rotatable bonds is 5. The van der Waals surface area contributed by atoms with Crippen LogP contribution in [0.15, 0.2) is 65.6 Å². The van der Waals surface area contributed by atoms with Gasteiger partial charge in [-0.1, -0.05) is 6.07 Å². The molecule has 6 heterocycles. The molecule has 0 aliphatic carbocycles. The summed E-state index contributed by atoms with van der Waals surface area (Å²) >= 11 is 6.25. The minimum Gasteiger partial charge on any atom is -0.332 e. The van der Waals surface area contributed by atoms with Crippen LogP contribution in [0.4, 0.5) is 8.78 Å². The molecule has 48 heavy (non-hydrogen) atoms. The fourth-order valence-corrected chi connectivity index (χ4v) is 7.44. The van der Waals surface area contributed by atoms with Crippen molar-refractivity contribution in [1.29, 1.82) is 0 Å². The predicted octanol–water partition coefficient (Wildman–Crippen LogP) is 5.34. The number of benzene rings is 2. The maximum Gasteiger partial charge on any atom is 0.335 e. The van der Waals surface area contributed by atoms with Crippen LogP contribution in [-0.2, 0) is 19.5 Å². The number of halogens is 3. The lowest BCUT2D eigenvalue weighted by molar-refractivity contribution is 0.0730. The van der Waals surface area contributed by atoms with Crippen LogP contribution in [0.1, 0.15) is 51.8 Å². The van der Waals surface area contributed by atoms with Crippen LogP contribution >= 0.6 is 11.6 Å². The molecule has 1 fully saturated rings. The van der Waals surface area contributed by atoms with Crippen molar-refractivity contribution in [3.8, 4) is 5.69 Å². The molecule has 0 radical (unpaired) electrons. The standard InChI is InChI=1S/C35H31ClF2N8O2/c1-20-30-32(42-34(36)41-20)46(25-10-14-39-15-11-25)35(48)45(30)24-8-5-21(6-9-24)33(47)43-16-12-26-27-3-2-13-40-31(27)44(29(26)19-43)18-22-4-7-23(37)17-28(22)38/h2-9,13,17,25,39H,10-12,14-16,18-19H2,1H3. The maximum atomic E-state index is 14.7. The van der Waals surface area contributed by atoms with Gasteiger partial charge < -0.3 is 14.8 Å². The van der Waals surface area contributed by atoms with E-state index >= 15 is 0 Å². The van der Waals surface area contributed by atoms with Gasteiger partial charge in [0.25, 0.3) is 5.91 Å². The van der Waals surface area contributed by atoms with Crippen molar-refractivity contribution in [2.75, 3.05) is 19.6 Å². The van der Waals surface area contributed by atoms with Gasteiger partial charge in [-0.3, -0.25) is 13.9 Å². The van der Waals surface area contributed by atoms with Crippen molar-refractivity contribution in [3.05, 3.63) is 116 Å². The summed E-state index contributed by atoms with van der Waals surface area (Å²) in [5.74, 6) is -1.43. The highest BCUT2D eigenvalue weighted by atomic mass is 35.5. The number of pyridine rings is 1. The van der Waals surface area contributed by atoms with Crippen LogP contribution in [0, 0.1) is 18.6 Å². The summed E-state index contributed by atoms with van der Waals surface area (Å²) in [7, 11) is 0. The third-order valence-electron chi connectivity index (χ3n) is 9.55. The van der Waals surface area contributed by atoms with Gasteiger partial charge in [-0.25, -0.2) is 23.5 Å². The molecule has 2 aliphatic rings. The zero-order chi connectivity index (χ0) is 33.1. The molecule has 0 atom stereocenters. The van der Waals surface area contributed by atoms with E-state index in [0.717, 1.165) is 48.6 Å². The molecule has 1 N–H and O–H groups in total. The van der Waals surface area contributed by atoms with Crippen molar-refractivity contribution in [2.45, 2.75) is 45.3 Å². The van der Waals surface area contributed by atoms with Gasteiger partial charge in [0.15, 0.2) is 5.65 Å². The first kappa shape index (κ1) is 30.4. The van der Waals surface area contributed by atoms with E-state index < -0.39 is 11.6 Å². The largest absolute Gasteiger partial charge is 0.335 e. The number of aryl methyl sites for hydroxylation is 1. The monoisotopic (exact) mass is 668 g/mol. The number of nitrogens with zero attached hydrogens (tertiary/aromatic N) is 7. The number of fused-ring (bicyclic) bond motifs is 4. The number of piperidine rings is 1. The fourth-order valence-electron chi connectivity index (χ4n) is 7.24. The first-order valence-corrected chi connectivity index (χ1v) is 16.3. The summed E-state index contributed by atoms with van der Waals surface area (Å²) in [6.45, 7) is 4.36. The lowest BCUT2D eigenvalue weighted by atomic mass is 10.0. The highest BCUT2D eigenvalue weighted by Crippen LogP contribution is 2.32. The number of hydrogen-bond acceptors (Lipinski definition) is 6. The Bertz CT molecular complexity index is 2290. The SMILES string of the molecule is Cc1nc(Cl)nc2c1n(-c1ccc(C(=O)N3CCc4c(n(Cc5ccc(F)cc5F)c5ncccc45)C3)cc1)c(=O)n2C1CCNCC1. The fraction of sp³-hybridized carbons (Fsp3) is 0.286. The zero-order valence-corrected chi connectivity index (χ0v) is 26.8. The van der Waals surface area contributed by atoms with Crippen LogP contribution in [0.3, 0.4) is 0 Å². The van der Waals surface area contributed by atoms with E-state index in [4.69, 9.17) is 11.6 Å². The van der Waals surface area contributed by atoms with Gasteiger partial charge in [0.2, 0.25) is 5.28 Å². The minimum absolute atomic E-state index is 0.0249. The Morgan fingerprint density at radius 1 is 1.04 bits per heavy atom. The molecule has 6 aromatic rings. The number of aromatic nitrogens is 6. The average molecular weight is 669 g/mol. The topological polar surface area (TPSA) is 103 Å². The number of hydrogen-bond donors (Lipinski definition) is 1. The summed E-state index contributed by atoms with van der Waals surface area (Å²) in [4.78, 5) is 43.0. The van der Waals surface area contributed by atoms with Crippen LogP contribution in [0.5, 0.6) is 0 Å². The Morgan fingerprint density at radius 2 is 1.83 bits per heavy atom. The summed E-state index contributed by atoms with van der Waals surface area (Å²) in [6, 6.07) is 14.4. The first-order valence-electron chi connectivity index (χ1n) is 15.9. The highest BCUT2D eigenvalue weighted by molar-refractivity contribution is 6.28. The van der Waals surface area contributed by atoms with Crippen molar-refractivity contribution in [1.82, 2.24) is 38.9 Å². The van der Waals surface area contributed by atoms with Crippen LogP contribution in [0.25, 0.3) is 27.9 Å². The molecule has 2 aliphatic heterocycles. The number of imidazole rings is 1. The van der Waals surface area contributed by atoms with Crippen LogP contribution in [-0.4, -0.2) is 59.1 Å². The number of carbonyl (C=O) groups excluding carboxylic acids is 1. The predicted molar refractivity (Wildman–Crippen MR) is 178 cm³/mol. The molecule has 0 bridgehead atoms. The molecule has 2 aromatic carbocycles. The van der Waals surface area contributed by atoms with Gasteiger partial charge in [-0.2, -0.15) is 4.98 Å². The summed E-state index contributed by atoms with van der Waals surface area (Å²) < 4.78 is 33.6. The smallest absolute Gasteiger partial charge is 0.332 e. The molecule has 10 nitrogen and oxygen atoms in total. The molecule has 0 unspecified atom stereocenters. The Morgan fingerprint density at radius 3 is 2.60 bits per heavy atom. The van der Waals surface area contributed by atoms with Gasteiger partial charge in [0.1, 0.15) is 22.8 Å². The molecule has 13 heteroatoms. The van der Waals surface area contributed by atoms with Crippen molar-refractivity contribution < 1.29 is 13.6 Å². The van der Waals surface area contributed by atoms with E-state index in [1.165, 1.54) is 12.1 Å². The molecule has 0 saturated carbocycles. The van der Waals surface area contributed by atoms with E-state index in [2.05, 4.69) is 20.3 Å². The first-order chi connectivity index (χ1) is 23.3. The van der Waals surface area contributed by atoms with Gasteiger partial charge in [0.05, 0.1) is 24.5 Å². The lowest BCUT2D eigenvalue weighted by Gasteiger charge is -2.29. The molecular formula is C35H31ClF2N8O2. The Hall–Kier alpha value is -4.94. The molecule has 4 aromatic heterocycles. The van der Waals surface area contributed by atoms with E-state index in [1.54, 1.807) is 51.4 Å². The van der Waals surface area contributed by atoms with Gasteiger partial charge in [0, 0.05) is 47.1 Å². The molecule has 1 amide bonds. The third-order valence-corrected chi connectivity index (χ3v) is 9.72. The van der Waals surface area contributed by atoms with Crippen molar-refractivity contribution in [3.63, 3.8) is 0 Å². The average Bonchev–Trinajstić information content (AvgIpc) is 3.56.